The number of nitrogens with zero attached hydrogens (tertiary/aromatic N) is 1. The van der Waals surface area contributed by atoms with Gasteiger partial charge in [-0.15, -0.1) is 6.58 Å². The van der Waals surface area contributed by atoms with E-state index in [1.54, 1.807) is 6.92 Å². The summed E-state index contributed by atoms with van der Waals surface area (Å²) in [5.41, 5.74) is 13.0. The Morgan fingerprint density at radius 1 is 1.47 bits per heavy atom. The maximum absolute atomic E-state index is 12.7. The molecule has 0 saturated heterocycles. The Labute approximate surface area is 183 Å². The van der Waals surface area contributed by atoms with Crippen LogP contribution in [0.5, 0.6) is 0 Å². The van der Waals surface area contributed by atoms with E-state index in [1.165, 1.54) is 11.6 Å². The summed E-state index contributed by atoms with van der Waals surface area (Å²) in [6.45, 7) is 12.3. The monoisotopic (exact) mass is 439 g/mol. The maximum atomic E-state index is 12.7. The molecule has 0 heterocycles. The molecule has 0 radical (unpaired) electrons. The molecule has 1 aliphatic carbocycles. The third-order valence-electron chi connectivity index (χ3n) is 6.95. The Morgan fingerprint density at radius 2 is 2.13 bits per heavy atom. The first kappa shape index (κ1) is 26.4. The van der Waals surface area contributed by atoms with E-state index < -0.39 is 14.6 Å². The zero-order valence-corrected chi connectivity index (χ0v) is 20.0. The van der Waals surface area contributed by atoms with Crippen LogP contribution in [0.2, 0.25) is 0 Å². The van der Waals surface area contributed by atoms with Crippen LogP contribution in [0.15, 0.2) is 40.9 Å². The number of guanidine groups is 1. The second-order valence-corrected chi connectivity index (χ2v) is 11.6. The number of aliphatic hydroxyl groups is 1. The first-order valence-corrected chi connectivity index (χ1v) is 12.4. The summed E-state index contributed by atoms with van der Waals surface area (Å²) < 4.78 is 24.5. The second-order valence-electron chi connectivity index (χ2n) is 9.01. The summed E-state index contributed by atoms with van der Waals surface area (Å²) in [7, 11) is -3.42. The number of aliphatic imine (C=N–C) groups is 1. The molecule has 0 aromatic carbocycles. The summed E-state index contributed by atoms with van der Waals surface area (Å²) in [5, 5.41) is 9.76. The molecular weight excluding hydrogens is 398 g/mol. The minimum absolute atomic E-state index is 0.0203. The number of aliphatic hydroxyl groups excluding tert-OH is 1. The number of rotatable bonds is 12. The van der Waals surface area contributed by atoms with Gasteiger partial charge in [-0.1, -0.05) is 37.6 Å². The van der Waals surface area contributed by atoms with Gasteiger partial charge in [0.2, 0.25) is 0 Å². The van der Waals surface area contributed by atoms with Gasteiger partial charge >= 0.3 is 0 Å². The number of allylic oxidation sites excluding steroid dienone is 3. The highest BCUT2D eigenvalue weighted by molar-refractivity contribution is 7.93. The zero-order chi connectivity index (χ0) is 23.0. The van der Waals surface area contributed by atoms with E-state index in [0.29, 0.717) is 18.8 Å². The van der Waals surface area contributed by atoms with Crippen molar-refractivity contribution in [1.82, 2.24) is 0 Å². The van der Waals surface area contributed by atoms with Crippen molar-refractivity contribution in [2.24, 2.45) is 27.8 Å². The highest BCUT2D eigenvalue weighted by Crippen LogP contribution is 2.45. The van der Waals surface area contributed by atoms with Gasteiger partial charge in [-0.3, -0.25) is 4.99 Å². The quantitative estimate of drug-likeness (QED) is 0.244. The minimum Gasteiger partial charge on any atom is -0.392 e. The molecule has 1 rings (SSSR count). The predicted molar refractivity (Wildman–Crippen MR) is 127 cm³/mol. The van der Waals surface area contributed by atoms with Gasteiger partial charge in [-0.25, -0.2) is 8.42 Å². The molecule has 6 nitrogen and oxygen atoms in total. The Morgan fingerprint density at radius 3 is 2.70 bits per heavy atom. The summed E-state index contributed by atoms with van der Waals surface area (Å²) in [4.78, 5) is 3.78. The average molecular weight is 440 g/mol. The smallest absolute Gasteiger partial charge is 0.185 e. The van der Waals surface area contributed by atoms with Crippen molar-refractivity contribution >= 4 is 15.8 Å². The van der Waals surface area contributed by atoms with Gasteiger partial charge in [0.25, 0.3) is 0 Å². The molecule has 0 unspecified atom stereocenters. The van der Waals surface area contributed by atoms with E-state index in [4.69, 9.17) is 11.5 Å². The van der Waals surface area contributed by atoms with Crippen molar-refractivity contribution in [2.45, 2.75) is 71.0 Å². The van der Waals surface area contributed by atoms with Gasteiger partial charge in [-0.05, 0) is 69.3 Å². The Balaban J connectivity index is 2.72. The van der Waals surface area contributed by atoms with E-state index in [9.17, 15) is 13.5 Å². The molecular formula is C23H41N3O3S. The van der Waals surface area contributed by atoms with Crippen molar-refractivity contribution in [3.63, 3.8) is 0 Å². The van der Waals surface area contributed by atoms with E-state index in [0.717, 1.165) is 31.3 Å². The van der Waals surface area contributed by atoms with Crippen molar-refractivity contribution in [1.29, 1.82) is 0 Å². The molecule has 0 saturated carbocycles. The summed E-state index contributed by atoms with van der Waals surface area (Å²) >= 11 is 0. The van der Waals surface area contributed by atoms with Crippen LogP contribution in [0, 0.1) is 11.3 Å². The molecule has 0 aliphatic heterocycles. The van der Waals surface area contributed by atoms with Gasteiger partial charge in [0.05, 0.1) is 23.7 Å². The fraction of sp³-hybridized carbons (Fsp3) is 0.696. The highest BCUT2D eigenvalue weighted by atomic mass is 32.2. The molecule has 5 N–H and O–H groups in total. The first-order chi connectivity index (χ1) is 13.9. The predicted octanol–water partition coefficient (Wildman–Crippen LogP) is 3.48. The Hall–Kier alpha value is -1.60. The lowest BCUT2D eigenvalue weighted by molar-refractivity contribution is 0.177. The molecule has 0 aromatic heterocycles. The topological polar surface area (TPSA) is 119 Å². The van der Waals surface area contributed by atoms with Crippen LogP contribution < -0.4 is 11.5 Å². The standard InChI is InChI=1S/C23H41N3O3S/c1-6-22(4,30(28,29)16-15-26-21(24)25)13-8-9-18(2)12-14-23(5)19(3)10-7-11-20(23)17-27/h6,9,11,19,27H,1,7-8,10,12-17H2,2-5H3,(H4,24,25,26)/t19-,22+,23+/m1/s1. The molecule has 0 spiro atoms. The van der Waals surface area contributed by atoms with Crippen LogP contribution in [0.3, 0.4) is 0 Å². The van der Waals surface area contributed by atoms with Gasteiger partial charge in [0.15, 0.2) is 15.8 Å². The molecule has 7 heteroatoms. The van der Waals surface area contributed by atoms with Crippen molar-refractivity contribution in [3.05, 3.63) is 36.0 Å². The summed E-state index contributed by atoms with van der Waals surface area (Å²) in [6, 6.07) is 0. The Kier molecular flexibility index (Phi) is 9.82. The normalized spacial score (nSPS) is 24.6. The van der Waals surface area contributed by atoms with E-state index in [2.05, 4.69) is 44.5 Å². The summed E-state index contributed by atoms with van der Waals surface area (Å²) in [5.74, 6) is 0.323. The molecule has 0 bridgehead atoms. The molecule has 0 aromatic rings. The van der Waals surface area contributed by atoms with Crippen LogP contribution in [0.1, 0.15) is 66.2 Å². The molecule has 30 heavy (non-hydrogen) atoms. The SMILES string of the molecule is C=C[C@@](C)(CCC=C(C)CC[C@]1(C)C(CO)=CCC[C@H]1C)S(=O)(=O)CCN=C(N)N. The lowest BCUT2D eigenvalue weighted by Gasteiger charge is -2.41. The molecule has 1 aliphatic rings. The van der Waals surface area contributed by atoms with Crippen molar-refractivity contribution in [3.8, 4) is 0 Å². The van der Waals surface area contributed by atoms with E-state index in [1.807, 2.05) is 0 Å². The number of sulfone groups is 1. The van der Waals surface area contributed by atoms with Crippen LogP contribution >= 0.6 is 0 Å². The third kappa shape index (κ3) is 6.71. The second kappa shape index (κ2) is 11.1. The zero-order valence-electron chi connectivity index (χ0n) is 19.2. The van der Waals surface area contributed by atoms with Crippen molar-refractivity contribution < 1.29 is 13.5 Å². The lowest BCUT2D eigenvalue weighted by atomic mass is 9.64. The van der Waals surface area contributed by atoms with E-state index >= 15 is 0 Å². The molecule has 0 fully saturated rings. The molecule has 172 valence electrons. The lowest BCUT2D eigenvalue weighted by Crippen LogP contribution is -2.36. The van der Waals surface area contributed by atoms with Crippen LogP contribution in [0.4, 0.5) is 0 Å². The maximum Gasteiger partial charge on any atom is 0.185 e. The fourth-order valence-corrected chi connectivity index (χ4v) is 5.59. The average Bonchev–Trinajstić information content (AvgIpc) is 2.67. The van der Waals surface area contributed by atoms with Crippen LogP contribution in [-0.2, 0) is 9.84 Å². The third-order valence-corrected chi connectivity index (χ3v) is 9.46. The van der Waals surface area contributed by atoms with Crippen LogP contribution in [0.25, 0.3) is 0 Å². The molecule has 0 amide bonds. The molecule has 3 atom stereocenters. The number of hydrogen-bond donors (Lipinski definition) is 3. The van der Waals surface area contributed by atoms with Crippen molar-refractivity contribution in [2.75, 3.05) is 18.9 Å². The van der Waals surface area contributed by atoms with Gasteiger partial charge in [-0.2, -0.15) is 0 Å². The number of nitrogens with two attached hydrogens (primary N) is 2. The first-order valence-electron chi connectivity index (χ1n) is 10.8. The van der Waals surface area contributed by atoms with E-state index in [-0.39, 0.29) is 30.3 Å². The minimum atomic E-state index is -3.42. The van der Waals surface area contributed by atoms with Crippen LogP contribution in [-0.4, -0.2) is 43.1 Å². The van der Waals surface area contributed by atoms with Gasteiger partial charge in [0, 0.05) is 0 Å². The van der Waals surface area contributed by atoms with Gasteiger partial charge in [0.1, 0.15) is 0 Å². The highest BCUT2D eigenvalue weighted by Gasteiger charge is 2.36. The number of hydrogen-bond acceptors (Lipinski definition) is 4. The fourth-order valence-electron chi connectivity index (χ4n) is 4.10. The largest absolute Gasteiger partial charge is 0.392 e. The Bertz CT molecular complexity index is 782. The van der Waals surface area contributed by atoms with Gasteiger partial charge < -0.3 is 16.6 Å². The summed E-state index contributed by atoms with van der Waals surface area (Å²) in [6.07, 6.45) is 11.1.